The van der Waals surface area contributed by atoms with E-state index in [9.17, 15) is 9.90 Å². The van der Waals surface area contributed by atoms with Crippen molar-refractivity contribution >= 4 is 17.5 Å². The highest BCUT2D eigenvalue weighted by atomic mass is 35.5. The van der Waals surface area contributed by atoms with Crippen molar-refractivity contribution in [3.8, 4) is 0 Å². The van der Waals surface area contributed by atoms with Gasteiger partial charge in [0.05, 0.1) is 0 Å². The van der Waals surface area contributed by atoms with Gasteiger partial charge in [0.1, 0.15) is 0 Å². The Hall–Kier alpha value is -1.10. The molecule has 0 unspecified atom stereocenters. The van der Waals surface area contributed by atoms with Crippen LogP contribution in [0.2, 0.25) is 5.02 Å². The van der Waals surface area contributed by atoms with Gasteiger partial charge in [0, 0.05) is 42.7 Å². The molecule has 0 aromatic heterocycles. The van der Waals surface area contributed by atoms with Crippen LogP contribution < -0.4 is 0 Å². The van der Waals surface area contributed by atoms with Gasteiger partial charge >= 0.3 is 0 Å². The zero-order valence-corrected chi connectivity index (χ0v) is 13.5. The molecule has 4 nitrogen and oxygen atoms in total. The van der Waals surface area contributed by atoms with Crippen LogP contribution in [0.15, 0.2) is 24.3 Å². The Morgan fingerprint density at radius 3 is 2.41 bits per heavy atom. The number of hydrogen-bond donors (Lipinski definition) is 1. The van der Waals surface area contributed by atoms with Crippen molar-refractivity contribution in [2.24, 2.45) is 11.8 Å². The van der Waals surface area contributed by atoms with Crippen LogP contribution in [0.4, 0.5) is 0 Å². The Kier molecular flexibility index (Phi) is 5.01. The maximum atomic E-state index is 12.6. The molecule has 2 fully saturated rings. The SMILES string of the molecule is O=C(c1ccc(Cl)cc1)N1C[C@@H](CO)[C@@H](CN2CCCC2)C1. The summed E-state index contributed by atoms with van der Waals surface area (Å²) in [5.41, 5.74) is 0.669. The van der Waals surface area contributed by atoms with Crippen molar-refractivity contribution in [2.75, 3.05) is 39.3 Å². The number of carbonyl (C=O) groups excluding carboxylic acids is 1. The van der Waals surface area contributed by atoms with Crippen molar-refractivity contribution in [3.63, 3.8) is 0 Å². The van der Waals surface area contributed by atoms with Crippen LogP contribution in [-0.4, -0.2) is 60.1 Å². The van der Waals surface area contributed by atoms with Crippen molar-refractivity contribution in [1.29, 1.82) is 0 Å². The molecule has 1 N–H and O–H groups in total. The average molecular weight is 323 g/mol. The van der Waals surface area contributed by atoms with E-state index in [1.54, 1.807) is 24.3 Å². The summed E-state index contributed by atoms with van der Waals surface area (Å²) >= 11 is 5.88. The highest BCUT2D eigenvalue weighted by Crippen LogP contribution is 2.27. The normalized spacial score (nSPS) is 25.8. The van der Waals surface area contributed by atoms with E-state index in [4.69, 9.17) is 11.6 Å². The first-order valence-electron chi connectivity index (χ1n) is 8.05. The van der Waals surface area contributed by atoms with E-state index >= 15 is 0 Å². The van der Waals surface area contributed by atoms with Gasteiger partial charge in [-0.15, -0.1) is 0 Å². The summed E-state index contributed by atoms with van der Waals surface area (Å²) in [6.45, 7) is 4.84. The molecule has 22 heavy (non-hydrogen) atoms. The Labute approximate surface area is 136 Å². The van der Waals surface area contributed by atoms with Gasteiger partial charge < -0.3 is 14.9 Å². The molecule has 1 amide bonds. The predicted octanol–water partition coefficient (Wildman–Crippen LogP) is 2.12. The lowest BCUT2D eigenvalue weighted by molar-refractivity contribution is 0.0779. The molecule has 2 atom stereocenters. The largest absolute Gasteiger partial charge is 0.396 e. The van der Waals surface area contributed by atoms with Crippen LogP contribution >= 0.6 is 11.6 Å². The first kappa shape index (κ1) is 15.8. The molecule has 0 saturated carbocycles. The smallest absolute Gasteiger partial charge is 0.253 e. The molecule has 2 heterocycles. The number of amides is 1. The molecule has 0 aliphatic carbocycles. The minimum atomic E-state index is 0.0408. The second-order valence-electron chi connectivity index (χ2n) is 6.43. The molecule has 0 bridgehead atoms. The first-order valence-corrected chi connectivity index (χ1v) is 8.43. The minimum absolute atomic E-state index is 0.0408. The van der Waals surface area contributed by atoms with E-state index in [1.165, 1.54) is 12.8 Å². The fraction of sp³-hybridized carbons (Fsp3) is 0.588. The summed E-state index contributed by atoms with van der Waals surface area (Å²) in [7, 11) is 0. The number of aliphatic hydroxyl groups excluding tert-OH is 1. The highest BCUT2D eigenvalue weighted by molar-refractivity contribution is 6.30. The molecule has 0 spiro atoms. The van der Waals surface area contributed by atoms with Crippen molar-refractivity contribution in [1.82, 2.24) is 9.80 Å². The van der Waals surface area contributed by atoms with E-state index < -0.39 is 0 Å². The van der Waals surface area contributed by atoms with Gasteiger partial charge in [-0.2, -0.15) is 0 Å². The molecule has 1 aromatic rings. The maximum Gasteiger partial charge on any atom is 0.253 e. The molecule has 5 heteroatoms. The van der Waals surface area contributed by atoms with Crippen LogP contribution in [0.25, 0.3) is 0 Å². The van der Waals surface area contributed by atoms with Gasteiger partial charge in [-0.25, -0.2) is 0 Å². The standard InChI is InChI=1S/C17H23ClN2O2/c18-16-5-3-13(4-6-16)17(22)20-10-14(15(11-20)12-21)9-19-7-1-2-8-19/h3-6,14-15,21H,1-2,7-12H2/t14-,15-/m0/s1. The molecular formula is C17H23ClN2O2. The Bertz CT molecular complexity index is 514. The number of benzene rings is 1. The molecule has 2 aliphatic rings. The number of likely N-dealkylation sites (tertiary alicyclic amines) is 2. The second kappa shape index (κ2) is 6.99. The quantitative estimate of drug-likeness (QED) is 0.923. The van der Waals surface area contributed by atoms with E-state index in [2.05, 4.69) is 4.90 Å². The molecule has 1 aromatic carbocycles. The van der Waals surface area contributed by atoms with Crippen molar-refractivity contribution < 1.29 is 9.90 Å². The second-order valence-corrected chi connectivity index (χ2v) is 6.86. The molecule has 2 aliphatic heterocycles. The molecule has 120 valence electrons. The Balaban J connectivity index is 1.64. The molecule has 3 rings (SSSR count). The Morgan fingerprint density at radius 1 is 1.14 bits per heavy atom. The minimum Gasteiger partial charge on any atom is -0.396 e. The Morgan fingerprint density at radius 2 is 1.77 bits per heavy atom. The predicted molar refractivity (Wildman–Crippen MR) is 87.1 cm³/mol. The average Bonchev–Trinajstić information content (AvgIpc) is 3.17. The molecule has 2 saturated heterocycles. The van der Waals surface area contributed by atoms with Gasteiger partial charge in [-0.05, 0) is 56.1 Å². The third-order valence-electron chi connectivity index (χ3n) is 4.88. The maximum absolute atomic E-state index is 12.6. The fourth-order valence-electron chi connectivity index (χ4n) is 3.59. The summed E-state index contributed by atoms with van der Waals surface area (Å²) in [4.78, 5) is 16.9. The first-order chi connectivity index (χ1) is 10.7. The van der Waals surface area contributed by atoms with Crippen molar-refractivity contribution in [2.45, 2.75) is 12.8 Å². The molecule has 0 radical (unpaired) electrons. The monoisotopic (exact) mass is 322 g/mol. The van der Waals surface area contributed by atoms with E-state index in [0.29, 0.717) is 23.0 Å². The zero-order chi connectivity index (χ0) is 15.5. The number of nitrogens with zero attached hydrogens (tertiary/aromatic N) is 2. The van der Waals surface area contributed by atoms with E-state index in [-0.39, 0.29) is 18.4 Å². The summed E-state index contributed by atoms with van der Waals surface area (Å²) in [5.74, 6) is 0.607. The third-order valence-corrected chi connectivity index (χ3v) is 5.13. The number of hydrogen-bond acceptors (Lipinski definition) is 3. The van der Waals surface area contributed by atoms with Crippen LogP contribution in [0, 0.1) is 11.8 Å². The number of aliphatic hydroxyl groups is 1. The number of halogens is 1. The molecular weight excluding hydrogens is 300 g/mol. The van der Waals surface area contributed by atoms with Crippen molar-refractivity contribution in [3.05, 3.63) is 34.9 Å². The van der Waals surface area contributed by atoms with E-state index in [1.807, 2.05) is 4.90 Å². The summed E-state index contributed by atoms with van der Waals surface area (Å²) in [6.07, 6.45) is 2.54. The summed E-state index contributed by atoms with van der Waals surface area (Å²) in [5, 5.41) is 10.3. The summed E-state index contributed by atoms with van der Waals surface area (Å²) in [6, 6.07) is 7.03. The number of carbonyl (C=O) groups is 1. The van der Waals surface area contributed by atoms with Crippen LogP contribution in [0.5, 0.6) is 0 Å². The van der Waals surface area contributed by atoms with Gasteiger partial charge in [0.15, 0.2) is 0 Å². The lowest BCUT2D eigenvalue weighted by Crippen LogP contribution is -2.32. The van der Waals surface area contributed by atoms with Crippen LogP contribution in [0.3, 0.4) is 0 Å². The van der Waals surface area contributed by atoms with Gasteiger partial charge in [0.25, 0.3) is 5.91 Å². The topological polar surface area (TPSA) is 43.8 Å². The van der Waals surface area contributed by atoms with E-state index in [0.717, 1.165) is 26.2 Å². The van der Waals surface area contributed by atoms with Gasteiger partial charge in [0.2, 0.25) is 0 Å². The third kappa shape index (κ3) is 3.45. The van der Waals surface area contributed by atoms with Gasteiger partial charge in [-0.1, -0.05) is 11.6 Å². The fourth-order valence-corrected chi connectivity index (χ4v) is 3.72. The lowest BCUT2D eigenvalue weighted by Gasteiger charge is -2.22. The van der Waals surface area contributed by atoms with Gasteiger partial charge in [-0.3, -0.25) is 4.79 Å². The van der Waals surface area contributed by atoms with Crippen LogP contribution in [-0.2, 0) is 0 Å². The summed E-state index contributed by atoms with van der Waals surface area (Å²) < 4.78 is 0. The highest BCUT2D eigenvalue weighted by Gasteiger charge is 2.36. The number of rotatable bonds is 4. The zero-order valence-electron chi connectivity index (χ0n) is 12.7. The van der Waals surface area contributed by atoms with Crippen LogP contribution in [0.1, 0.15) is 23.2 Å². The lowest BCUT2D eigenvalue weighted by atomic mass is 9.96.